The number of para-hydroxylation sites is 1. The van der Waals surface area contributed by atoms with Crippen LogP contribution in [0.1, 0.15) is 24.1 Å². The number of benzene rings is 2. The Morgan fingerprint density at radius 3 is 2.86 bits per heavy atom. The highest BCUT2D eigenvalue weighted by Gasteiger charge is 2.32. The van der Waals surface area contributed by atoms with Gasteiger partial charge in [-0.2, -0.15) is 0 Å². The standard InChI is InChI=1S/C22H20ClN3O3/c1-2-29-21(27)18-13-24-11-10-17-16-8-3-4-9-19(16)26(20(17)18)22(28)25-15-7-5-6-14(23)12-15/h3-9,12-13,18H,2,10-11H2,1H3,(H,25,28). The van der Waals surface area contributed by atoms with Crippen LogP contribution in [0.5, 0.6) is 0 Å². The van der Waals surface area contributed by atoms with E-state index in [2.05, 4.69) is 10.3 Å². The molecule has 4 rings (SSSR count). The lowest BCUT2D eigenvalue weighted by Crippen LogP contribution is -2.27. The van der Waals surface area contributed by atoms with Crippen LogP contribution in [0.15, 0.2) is 53.5 Å². The Balaban J connectivity index is 1.88. The molecule has 29 heavy (non-hydrogen) atoms. The summed E-state index contributed by atoms with van der Waals surface area (Å²) in [6.07, 6.45) is 2.23. The predicted molar refractivity (Wildman–Crippen MR) is 114 cm³/mol. The minimum Gasteiger partial charge on any atom is -0.465 e. The number of esters is 1. The summed E-state index contributed by atoms with van der Waals surface area (Å²) < 4.78 is 6.83. The second-order valence-electron chi connectivity index (χ2n) is 6.69. The zero-order valence-corrected chi connectivity index (χ0v) is 16.6. The molecule has 2 aromatic carbocycles. The van der Waals surface area contributed by atoms with Gasteiger partial charge in [-0.3, -0.25) is 14.4 Å². The van der Waals surface area contributed by atoms with E-state index in [0.717, 1.165) is 16.5 Å². The van der Waals surface area contributed by atoms with Crippen LogP contribution in [-0.2, 0) is 16.0 Å². The van der Waals surface area contributed by atoms with Crippen LogP contribution in [0, 0.1) is 0 Å². The highest BCUT2D eigenvalue weighted by Crippen LogP contribution is 2.34. The molecule has 0 bridgehead atoms. The zero-order chi connectivity index (χ0) is 20.4. The average molecular weight is 410 g/mol. The lowest BCUT2D eigenvalue weighted by Gasteiger charge is -2.16. The maximum Gasteiger partial charge on any atom is 0.330 e. The van der Waals surface area contributed by atoms with Gasteiger partial charge in [-0.15, -0.1) is 0 Å². The maximum absolute atomic E-state index is 13.3. The first-order valence-electron chi connectivity index (χ1n) is 9.46. The van der Waals surface area contributed by atoms with Crippen molar-refractivity contribution in [1.29, 1.82) is 0 Å². The van der Waals surface area contributed by atoms with Crippen LogP contribution in [0.4, 0.5) is 10.5 Å². The van der Waals surface area contributed by atoms with Gasteiger partial charge in [0.1, 0.15) is 5.92 Å². The van der Waals surface area contributed by atoms with Gasteiger partial charge in [0, 0.05) is 28.9 Å². The second kappa shape index (κ2) is 8.09. The van der Waals surface area contributed by atoms with E-state index in [0.29, 0.717) is 29.4 Å². The van der Waals surface area contributed by atoms with E-state index in [1.54, 1.807) is 42.0 Å². The summed E-state index contributed by atoms with van der Waals surface area (Å²) in [4.78, 5) is 30.4. The summed E-state index contributed by atoms with van der Waals surface area (Å²) >= 11 is 6.05. The Bertz CT molecular complexity index is 1120. The van der Waals surface area contributed by atoms with Crippen LogP contribution < -0.4 is 5.32 Å². The number of halogens is 1. The number of amides is 1. The highest BCUT2D eigenvalue weighted by atomic mass is 35.5. The molecule has 0 saturated carbocycles. The molecule has 0 spiro atoms. The minimum atomic E-state index is -0.745. The molecule has 1 amide bonds. The summed E-state index contributed by atoms with van der Waals surface area (Å²) in [7, 11) is 0. The fraction of sp³-hybridized carbons (Fsp3) is 0.227. The third-order valence-corrected chi connectivity index (χ3v) is 5.11. The first-order valence-corrected chi connectivity index (χ1v) is 9.83. The number of nitrogens with one attached hydrogen (secondary N) is 1. The largest absolute Gasteiger partial charge is 0.465 e. The molecule has 0 radical (unpaired) electrons. The number of hydrogen-bond acceptors (Lipinski definition) is 4. The second-order valence-corrected chi connectivity index (χ2v) is 7.13. The van der Waals surface area contributed by atoms with E-state index in [4.69, 9.17) is 16.3 Å². The molecular formula is C22H20ClN3O3. The number of carbonyl (C=O) groups excluding carboxylic acids is 2. The third-order valence-electron chi connectivity index (χ3n) is 4.88. The van der Waals surface area contributed by atoms with Crippen LogP contribution in [0.3, 0.4) is 0 Å². The van der Waals surface area contributed by atoms with Crippen molar-refractivity contribution in [1.82, 2.24) is 4.57 Å². The number of aliphatic imine (C=N–C) groups is 1. The molecule has 148 valence electrons. The fourth-order valence-electron chi connectivity index (χ4n) is 3.71. The van der Waals surface area contributed by atoms with Crippen molar-refractivity contribution in [2.24, 2.45) is 4.99 Å². The first-order chi connectivity index (χ1) is 14.1. The molecule has 2 heterocycles. The molecule has 7 heteroatoms. The quantitative estimate of drug-likeness (QED) is 0.640. The Morgan fingerprint density at radius 2 is 2.07 bits per heavy atom. The average Bonchev–Trinajstić information content (AvgIpc) is 2.86. The van der Waals surface area contributed by atoms with Crippen molar-refractivity contribution in [3.8, 4) is 0 Å². The van der Waals surface area contributed by atoms with E-state index < -0.39 is 11.9 Å². The summed E-state index contributed by atoms with van der Waals surface area (Å²) in [5.74, 6) is -1.16. The van der Waals surface area contributed by atoms with E-state index in [9.17, 15) is 9.59 Å². The molecule has 0 saturated heterocycles. The van der Waals surface area contributed by atoms with Gasteiger partial charge in [0.2, 0.25) is 0 Å². The third kappa shape index (κ3) is 3.63. The monoisotopic (exact) mass is 409 g/mol. The Morgan fingerprint density at radius 1 is 1.24 bits per heavy atom. The Labute approximate surface area is 173 Å². The van der Waals surface area contributed by atoms with Crippen LogP contribution >= 0.6 is 11.6 Å². The van der Waals surface area contributed by atoms with Gasteiger partial charge in [-0.1, -0.05) is 35.9 Å². The van der Waals surface area contributed by atoms with Crippen LogP contribution in [0.25, 0.3) is 10.9 Å². The van der Waals surface area contributed by atoms with Gasteiger partial charge in [-0.25, -0.2) is 4.79 Å². The molecule has 0 aliphatic carbocycles. The van der Waals surface area contributed by atoms with Crippen molar-refractivity contribution < 1.29 is 14.3 Å². The Kier molecular flexibility index (Phi) is 5.36. The smallest absolute Gasteiger partial charge is 0.330 e. The number of aromatic nitrogens is 1. The van der Waals surface area contributed by atoms with Crippen LogP contribution in [0.2, 0.25) is 5.02 Å². The van der Waals surface area contributed by atoms with Gasteiger partial charge in [-0.05, 0) is 43.2 Å². The van der Waals surface area contributed by atoms with Crippen LogP contribution in [-0.4, -0.2) is 35.9 Å². The van der Waals surface area contributed by atoms with Gasteiger partial charge in [0.25, 0.3) is 0 Å². The van der Waals surface area contributed by atoms with Gasteiger partial charge < -0.3 is 10.1 Å². The number of fused-ring (bicyclic) bond motifs is 3. The van der Waals surface area contributed by atoms with Crippen molar-refractivity contribution in [3.63, 3.8) is 0 Å². The van der Waals surface area contributed by atoms with Crippen molar-refractivity contribution in [2.45, 2.75) is 19.3 Å². The van der Waals surface area contributed by atoms with E-state index in [1.807, 2.05) is 24.3 Å². The molecule has 1 aliphatic rings. The molecule has 1 aromatic heterocycles. The number of hydrogen-bond donors (Lipinski definition) is 1. The first kappa shape index (κ1) is 19.2. The Hall–Kier alpha value is -3.12. The van der Waals surface area contributed by atoms with E-state index in [-0.39, 0.29) is 12.6 Å². The molecule has 6 nitrogen and oxygen atoms in total. The highest BCUT2D eigenvalue weighted by molar-refractivity contribution is 6.30. The molecule has 1 unspecified atom stereocenters. The van der Waals surface area contributed by atoms with Gasteiger partial charge >= 0.3 is 12.0 Å². The molecule has 1 atom stereocenters. The van der Waals surface area contributed by atoms with Crippen molar-refractivity contribution in [2.75, 3.05) is 18.5 Å². The number of anilines is 1. The molecular weight excluding hydrogens is 390 g/mol. The lowest BCUT2D eigenvalue weighted by molar-refractivity contribution is -0.143. The van der Waals surface area contributed by atoms with Gasteiger partial charge in [0.15, 0.2) is 0 Å². The number of carbonyl (C=O) groups is 2. The summed E-state index contributed by atoms with van der Waals surface area (Å²) in [6, 6.07) is 14.2. The molecule has 1 N–H and O–H groups in total. The molecule has 0 fully saturated rings. The molecule has 3 aromatic rings. The maximum atomic E-state index is 13.3. The fourth-order valence-corrected chi connectivity index (χ4v) is 3.90. The summed E-state index contributed by atoms with van der Waals surface area (Å²) in [6.45, 7) is 2.56. The minimum absolute atomic E-state index is 0.257. The topological polar surface area (TPSA) is 72.7 Å². The van der Waals surface area contributed by atoms with Crippen molar-refractivity contribution in [3.05, 3.63) is 64.8 Å². The SMILES string of the molecule is CCOC(=O)C1C=NCCc2c1n(C(=O)Nc1cccc(Cl)c1)c1ccccc21. The summed E-state index contributed by atoms with van der Waals surface area (Å²) in [5, 5.41) is 4.34. The zero-order valence-electron chi connectivity index (χ0n) is 15.9. The van der Waals surface area contributed by atoms with E-state index in [1.165, 1.54) is 0 Å². The van der Waals surface area contributed by atoms with Crippen molar-refractivity contribution >= 4 is 46.4 Å². The lowest BCUT2D eigenvalue weighted by atomic mass is 10.00. The normalized spacial score (nSPS) is 15.6. The predicted octanol–water partition coefficient (Wildman–Crippen LogP) is 4.65. The van der Waals surface area contributed by atoms with Gasteiger partial charge in [0.05, 0.1) is 17.8 Å². The number of rotatable bonds is 3. The molecule has 1 aliphatic heterocycles. The number of ether oxygens (including phenoxy) is 1. The van der Waals surface area contributed by atoms with E-state index >= 15 is 0 Å². The summed E-state index contributed by atoms with van der Waals surface area (Å²) in [5.41, 5.74) is 2.86. The number of nitrogens with zero attached hydrogens (tertiary/aromatic N) is 2.